The van der Waals surface area contributed by atoms with Crippen molar-refractivity contribution in [2.75, 3.05) is 0 Å². The molecule has 2 nitrogen and oxygen atoms in total. The minimum absolute atomic E-state index is 0.140. The second-order valence-corrected chi connectivity index (χ2v) is 8.77. The molecule has 4 aromatic rings. The number of aryl methyl sites for hydroxylation is 2. The largest absolute Gasteiger partial charge is 0.507 e. The van der Waals surface area contributed by atoms with E-state index in [2.05, 4.69) is 57.2 Å². The number of hydrogen-bond donors (Lipinski definition) is 2. The van der Waals surface area contributed by atoms with Crippen molar-refractivity contribution in [2.24, 2.45) is 0 Å². The molecule has 0 aliphatic heterocycles. The molecule has 0 heterocycles. The molecule has 162 valence electrons. The Morgan fingerprint density at radius 2 is 0.969 bits per heavy atom. The first-order valence-corrected chi connectivity index (χ1v) is 11.1. The third kappa shape index (κ3) is 4.70. The zero-order valence-corrected chi connectivity index (χ0v) is 19.0. The van der Waals surface area contributed by atoms with E-state index in [-0.39, 0.29) is 5.92 Å². The van der Waals surface area contributed by atoms with Crippen LogP contribution in [-0.2, 0) is 12.8 Å². The summed E-state index contributed by atoms with van der Waals surface area (Å²) in [7, 11) is 0. The van der Waals surface area contributed by atoms with Crippen molar-refractivity contribution in [3.05, 3.63) is 129 Å². The van der Waals surface area contributed by atoms with Gasteiger partial charge in [-0.05, 0) is 36.1 Å². The summed E-state index contributed by atoms with van der Waals surface area (Å²) in [5.41, 5.74) is 8.06. The van der Waals surface area contributed by atoms with E-state index in [9.17, 15) is 10.2 Å². The quantitative estimate of drug-likeness (QED) is 0.349. The number of phenolic OH excluding ortho intramolecular Hbond substituents is 2. The van der Waals surface area contributed by atoms with Crippen molar-refractivity contribution in [3.8, 4) is 11.5 Å². The lowest BCUT2D eigenvalue weighted by molar-refractivity contribution is 0.450. The van der Waals surface area contributed by atoms with Gasteiger partial charge in [-0.25, -0.2) is 0 Å². The highest BCUT2D eigenvalue weighted by Crippen LogP contribution is 2.40. The van der Waals surface area contributed by atoms with Crippen LogP contribution in [-0.4, -0.2) is 10.2 Å². The predicted molar refractivity (Wildman–Crippen MR) is 132 cm³/mol. The van der Waals surface area contributed by atoms with Gasteiger partial charge in [0.1, 0.15) is 11.5 Å². The fourth-order valence-electron chi connectivity index (χ4n) is 4.50. The molecule has 0 atom stereocenters. The Morgan fingerprint density at radius 1 is 0.594 bits per heavy atom. The summed E-state index contributed by atoms with van der Waals surface area (Å²) in [6.45, 7) is 6.17. The SMILES string of the molecule is Cc1cc(Cc2ccccc2)c(O)c(C(C)c2cc(C)cc(Cc3ccccc3)c2O)c1. The van der Waals surface area contributed by atoms with Gasteiger partial charge in [0.05, 0.1) is 0 Å². The highest BCUT2D eigenvalue weighted by atomic mass is 16.3. The van der Waals surface area contributed by atoms with E-state index in [0.717, 1.165) is 44.5 Å². The van der Waals surface area contributed by atoms with Crippen molar-refractivity contribution in [1.82, 2.24) is 0 Å². The third-order valence-corrected chi connectivity index (χ3v) is 6.13. The smallest absolute Gasteiger partial charge is 0.122 e. The van der Waals surface area contributed by atoms with E-state index in [4.69, 9.17) is 0 Å². The van der Waals surface area contributed by atoms with Crippen LogP contribution >= 0.6 is 0 Å². The fraction of sp³-hybridized carbons (Fsp3) is 0.200. The molecule has 0 fully saturated rings. The highest BCUT2D eigenvalue weighted by Gasteiger charge is 2.21. The first-order valence-electron chi connectivity index (χ1n) is 11.1. The number of rotatable bonds is 6. The summed E-state index contributed by atoms with van der Waals surface area (Å²) >= 11 is 0. The Hall–Kier alpha value is -3.52. The second kappa shape index (κ2) is 9.32. The van der Waals surface area contributed by atoms with E-state index in [1.807, 2.05) is 48.5 Å². The molecule has 0 radical (unpaired) electrons. The van der Waals surface area contributed by atoms with Crippen molar-refractivity contribution in [2.45, 2.75) is 39.5 Å². The van der Waals surface area contributed by atoms with Crippen molar-refractivity contribution < 1.29 is 10.2 Å². The van der Waals surface area contributed by atoms with Crippen LogP contribution in [0.1, 0.15) is 57.3 Å². The van der Waals surface area contributed by atoms with Crippen LogP contribution in [0.5, 0.6) is 11.5 Å². The monoisotopic (exact) mass is 422 g/mol. The summed E-state index contributed by atoms with van der Waals surface area (Å²) in [4.78, 5) is 0. The fourth-order valence-corrected chi connectivity index (χ4v) is 4.50. The topological polar surface area (TPSA) is 40.5 Å². The zero-order chi connectivity index (χ0) is 22.7. The van der Waals surface area contributed by atoms with Crippen LogP contribution < -0.4 is 0 Å². The summed E-state index contributed by atoms with van der Waals surface area (Å²) in [5, 5.41) is 22.4. The molecule has 0 amide bonds. The summed E-state index contributed by atoms with van der Waals surface area (Å²) in [5.74, 6) is 0.494. The van der Waals surface area contributed by atoms with Gasteiger partial charge in [0.25, 0.3) is 0 Å². The summed E-state index contributed by atoms with van der Waals surface area (Å²) < 4.78 is 0. The molecule has 0 aliphatic rings. The predicted octanol–water partition coefficient (Wildman–Crippen LogP) is 7.05. The van der Waals surface area contributed by atoms with E-state index >= 15 is 0 Å². The molecular weight excluding hydrogens is 392 g/mol. The number of phenols is 2. The molecule has 0 saturated carbocycles. The number of aromatic hydroxyl groups is 2. The standard InChI is InChI=1S/C30H30O2/c1-20-14-25(18-23-10-6-4-7-11-23)29(31)27(16-20)22(3)28-17-21(2)15-26(30(28)32)19-24-12-8-5-9-13-24/h4-17,22,31-32H,18-19H2,1-3H3. The van der Waals surface area contributed by atoms with Gasteiger partial charge in [-0.3, -0.25) is 0 Å². The van der Waals surface area contributed by atoms with Gasteiger partial charge >= 0.3 is 0 Å². The molecule has 2 N–H and O–H groups in total. The molecule has 0 aliphatic carbocycles. The van der Waals surface area contributed by atoms with Crippen LogP contribution in [0.3, 0.4) is 0 Å². The van der Waals surface area contributed by atoms with E-state index < -0.39 is 0 Å². The van der Waals surface area contributed by atoms with Gasteiger partial charge in [0, 0.05) is 29.9 Å². The maximum atomic E-state index is 11.2. The molecule has 4 aromatic carbocycles. The second-order valence-electron chi connectivity index (χ2n) is 8.77. The van der Waals surface area contributed by atoms with E-state index in [1.165, 1.54) is 0 Å². The molecule has 0 unspecified atom stereocenters. The highest BCUT2D eigenvalue weighted by molar-refractivity contribution is 5.54. The van der Waals surface area contributed by atoms with E-state index in [1.54, 1.807) is 0 Å². The lowest BCUT2D eigenvalue weighted by atomic mass is 9.85. The molecule has 0 saturated heterocycles. The average molecular weight is 423 g/mol. The van der Waals surface area contributed by atoms with Crippen molar-refractivity contribution in [1.29, 1.82) is 0 Å². The average Bonchev–Trinajstić information content (AvgIpc) is 2.79. The van der Waals surface area contributed by atoms with Crippen LogP contribution in [0.15, 0.2) is 84.9 Å². The van der Waals surface area contributed by atoms with Crippen LogP contribution in [0, 0.1) is 13.8 Å². The van der Waals surface area contributed by atoms with Gasteiger partial charge in [0.15, 0.2) is 0 Å². The zero-order valence-electron chi connectivity index (χ0n) is 19.0. The third-order valence-electron chi connectivity index (χ3n) is 6.13. The number of benzene rings is 4. The molecule has 0 aromatic heterocycles. The first kappa shape index (κ1) is 21.7. The molecular formula is C30H30O2. The van der Waals surface area contributed by atoms with Crippen molar-refractivity contribution in [3.63, 3.8) is 0 Å². The van der Waals surface area contributed by atoms with Crippen molar-refractivity contribution >= 4 is 0 Å². The van der Waals surface area contributed by atoms with Gasteiger partial charge in [-0.1, -0.05) is 103 Å². The molecule has 32 heavy (non-hydrogen) atoms. The van der Waals surface area contributed by atoms with Gasteiger partial charge in [-0.15, -0.1) is 0 Å². The van der Waals surface area contributed by atoms with Crippen LogP contribution in [0.2, 0.25) is 0 Å². The molecule has 4 rings (SSSR count). The molecule has 2 heteroatoms. The van der Waals surface area contributed by atoms with E-state index in [0.29, 0.717) is 24.3 Å². The summed E-state index contributed by atoms with van der Waals surface area (Å²) in [6, 6.07) is 28.6. The Morgan fingerprint density at radius 3 is 1.34 bits per heavy atom. The molecule has 0 spiro atoms. The Labute approximate surface area is 190 Å². The lowest BCUT2D eigenvalue weighted by Gasteiger charge is -2.21. The number of hydrogen-bond acceptors (Lipinski definition) is 2. The Kier molecular flexibility index (Phi) is 6.32. The Bertz CT molecular complexity index is 1110. The minimum Gasteiger partial charge on any atom is -0.507 e. The maximum Gasteiger partial charge on any atom is 0.122 e. The summed E-state index contributed by atoms with van der Waals surface area (Å²) in [6.07, 6.45) is 1.35. The van der Waals surface area contributed by atoms with Gasteiger partial charge in [0.2, 0.25) is 0 Å². The first-order chi connectivity index (χ1) is 15.4. The Balaban J connectivity index is 1.72. The maximum absolute atomic E-state index is 11.2. The minimum atomic E-state index is -0.140. The van der Waals surface area contributed by atoms with Crippen LogP contribution in [0.25, 0.3) is 0 Å². The van der Waals surface area contributed by atoms with Gasteiger partial charge < -0.3 is 10.2 Å². The van der Waals surface area contributed by atoms with Crippen LogP contribution in [0.4, 0.5) is 0 Å². The lowest BCUT2D eigenvalue weighted by Crippen LogP contribution is -2.03. The normalized spacial score (nSPS) is 11.1. The van der Waals surface area contributed by atoms with Gasteiger partial charge in [-0.2, -0.15) is 0 Å². The molecule has 0 bridgehead atoms.